The van der Waals surface area contributed by atoms with Crippen LogP contribution in [0.3, 0.4) is 0 Å². The van der Waals surface area contributed by atoms with Crippen LogP contribution in [0.4, 0.5) is 5.82 Å². The highest BCUT2D eigenvalue weighted by Crippen LogP contribution is 2.11. The fraction of sp³-hybridized carbons (Fsp3) is 0.455. The number of hydrogen-bond donors (Lipinski definition) is 1. The zero-order valence-electron chi connectivity index (χ0n) is 9.55. The summed E-state index contributed by atoms with van der Waals surface area (Å²) >= 11 is 0. The zero-order valence-corrected chi connectivity index (χ0v) is 9.55. The third-order valence-corrected chi connectivity index (χ3v) is 2.11. The third-order valence-electron chi connectivity index (χ3n) is 2.11. The number of nitrogens with zero attached hydrogens (tertiary/aromatic N) is 3. The van der Waals surface area contributed by atoms with Gasteiger partial charge >= 0.3 is 0 Å². The lowest BCUT2D eigenvalue weighted by Crippen LogP contribution is -2.30. The molecule has 0 aliphatic carbocycles. The Bertz CT molecular complexity index is 372. The highest BCUT2D eigenvalue weighted by Gasteiger charge is 2.06. The molecular formula is C11H16N4O. The maximum atomic E-state index is 8.83. The van der Waals surface area contributed by atoms with Crippen LogP contribution in [0.25, 0.3) is 0 Å². The largest absolute Gasteiger partial charge is 0.492 e. The Morgan fingerprint density at radius 2 is 2.38 bits per heavy atom. The Balaban J connectivity index is 2.39. The number of pyridine rings is 1. The normalized spacial score (nSPS) is 9.88. The van der Waals surface area contributed by atoms with E-state index < -0.39 is 0 Å². The van der Waals surface area contributed by atoms with Crippen LogP contribution >= 0.6 is 0 Å². The molecule has 0 aliphatic rings. The molecule has 1 aromatic rings. The average Bonchev–Trinajstić information content (AvgIpc) is 2.24. The summed E-state index contributed by atoms with van der Waals surface area (Å²) in [6, 6.07) is 3.59. The van der Waals surface area contributed by atoms with Crippen molar-refractivity contribution < 1.29 is 4.74 Å². The Hall–Kier alpha value is -1.96. The van der Waals surface area contributed by atoms with Gasteiger partial charge in [-0.15, -0.1) is 0 Å². The van der Waals surface area contributed by atoms with E-state index in [1.165, 1.54) is 0 Å². The predicted octanol–water partition coefficient (Wildman–Crippen LogP) is 1.23. The van der Waals surface area contributed by atoms with Crippen LogP contribution in [0.1, 0.15) is 13.8 Å². The minimum absolute atomic E-state index is 0.191. The van der Waals surface area contributed by atoms with Crippen molar-refractivity contribution in [2.75, 3.05) is 18.9 Å². The van der Waals surface area contributed by atoms with Crippen molar-refractivity contribution in [3.8, 4) is 11.9 Å². The Labute approximate surface area is 95.4 Å². The lowest BCUT2D eigenvalue weighted by Gasteiger charge is -2.19. The molecule has 0 radical (unpaired) electrons. The molecule has 16 heavy (non-hydrogen) atoms. The van der Waals surface area contributed by atoms with Gasteiger partial charge in [0.1, 0.15) is 18.2 Å². The summed E-state index contributed by atoms with van der Waals surface area (Å²) in [6.45, 7) is 4.95. The Morgan fingerprint density at radius 1 is 1.62 bits per heavy atom. The van der Waals surface area contributed by atoms with Crippen molar-refractivity contribution in [3.63, 3.8) is 0 Å². The Morgan fingerprint density at radius 3 is 2.94 bits per heavy atom. The van der Waals surface area contributed by atoms with Gasteiger partial charge in [0.05, 0.1) is 6.54 Å². The van der Waals surface area contributed by atoms with E-state index in [1.54, 1.807) is 23.2 Å². The first-order chi connectivity index (χ1) is 7.63. The molecular weight excluding hydrogens is 204 g/mol. The van der Waals surface area contributed by atoms with Gasteiger partial charge in [-0.2, -0.15) is 5.26 Å². The van der Waals surface area contributed by atoms with Gasteiger partial charge in [-0.1, -0.05) is 0 Å². The standard InChI is InChI=1S/C11H16N4O/c1-9(2)15(8-12)5-6-16-10-3-4-14-11(13)7-10/h3-4,7,9H,5-6H2,1-2H3,(H2,13,14). The van der Waals surface area contributed by atoms with Crippen molar-refractivity contribution in [2.24, 2.45) is 0 Å². The first kappa shape index (κ1) is 12.1. The molecule has 0 unspecified atom stereocenters. The zero-order chi connectivity index (χ0) is 12.0. The lowest BCUT2D eigenvalue weighted by molar-refractivity contribution is 0.236. The fourth-order valence-corrected chi connectivity index (χ4v) is 1.20. The average molecular weight is 220 g/mol. The minimum atomic E-state index is 0.191. The Kier molecular flexibility index (Phi) is 4.40. The van der Waals surface area contributed by atoms with E-state index >= 15 is 0 Å². The number of nitrogen functional groups attached to an aromatic ring is 1. The molecule has 5 nitrogen and oxygen atoms in total. The molecule has 1 rings (SSSR count). The summed E-state index contributed by atoms with van der Waals surface area (Å²) in [5.74, 6) is 1.10. The van der Waals surface area contributed by atoms with Crippen LogP contribution in [0.2, 0.25) is 0 Å². The molecule has 0 atom stereocenters. The number of hydrogen-bond acceptors (Lipinski definition) is 5. The van der Waals surface area contributed by atoms with Crippen molar-refractivity contribution in [1.29, 1.82) is 5.26 Å². The lowest BCUT2D eigenvalue weighted by atomic mass is 10.3. The first-order valence-corrected chi connectivity index (χ1v) is 5.14. The van der Waals surface area contributed by atoms with Crippen LogP contribution in [0.15, 0.2) is 18.3 Å². The molecule has 1 aromatic heterocycles. The van der Waals surface area contributed by atoms with Gasteiger partial charge in [0.25, 0.3) is 0 Å². The van der Waals surface area contributed by atoms with Crippen molar-refractivity contribution in [1.82, 2.24) is 9.88 Å². The summed E-state index contributed by atoms with van der Waals surface area (Å²) in [5, 5.41) is 8.83. The molecule has 0 aliphatic heterocycles. The SMILES string of the molecule is CC(C)N(C#N)CCOc1ccnc(N)c1. The molecule has 5 heteroatoms. The maximum absolute atomic E-state index is 8.83. The molecule has 86 valence electrons. The van der Waals surface area contributed by atoms with Gasteiger partial charge in [0.15, 0.2) is 6.19 Å². The van der Waals surface area contributed by atoms with Crippen molar-refractivity contribution in [2.45, 2.75) is 19.9 Å². The van der Waals surface area contributed by atoms with E-state index in [1.807, 2.05) is 13.8 Å². The van der Waals surface area contributed by atoms with Gasteiger partial charge in [0, 0.05) is 18.3 Å². The quantitative estimate of drug-likeness (QED) is 0.596. The van der Waals surface area contributed by atoms with E-state index in [9.17, 15) is 0 Å². The van der Waals surface area contributed by atoms with Crippen LogP contribution < -0.4 is 10.5 Å². The number of aromatic nitrogens is 1. The summed E-state index contributed by atoms with van der Waals surface area (Å²) in [7, 11) is 0. The van der Waals surface area contributed by atoms with Gasteiger partial charge in [0.2, 0.25) is 0 Å². The molecule has 0 aromatic carbocycles. The van der Waals surface area contributed by atoms with Gasteiger partial charge < -0.3 is 15.4 Å². The maximum Gasteiger partial charge on any atom is 0.179 e. The highest BCUT2D eigenvalue weighted by atomic mass is 16.5. The summed E-state index contributed by atoms with van der Waals surface area (Å²) in [6.07, 6.45) is 3.71. The van der Waals surface area contributed by atoms with Gasteiger partial charge in [-0.25, -0.2) is 4.98 Å². The fourth-order valence-electron chi connectivity index (χ4n) is 1.20. The second kappa shape index (κ2) is 5.81. The topological polar surface area (TPSA) is 75.2 Å². The second-order valence-corrected chi connectivity index (χ2v) is 3.65. The molecule has 0 spiro atoms. The molecule has 1 heterocycles. The number of nitrogens with two attached hydrogens (primary N) is 1. The van der Waals surface area contributed by atoms with Crippen LogP contribution in [0, 0.1) is 11.5 Å². The minimum Gasteiger partial charge on any atom is -0.492 e. The van der Waals surface area contributed by atoms with E-state index in [2.05, 4.69) is 11.2 Å². The van der Waals surface area contributed by atoms with Crippen molar-refractivity contribution >= 4 is 5.82 Å². The highest BCUT2D eigenvalue weighted by molar-refractivity contribution is 5.35. The van der Waals surface area contributed by atoms with Crippen LogP contribution in [0.5, 0.6) is 5.75 Å². The van der Waals surface area contributed by atoms with Crippen LogP contribution in [-0.4, -0.2) is 29.1 Å². The molecule has 0 saturated heterocycles. The molecule has 0 bridgehead atoms. The smallest absolute Gasteiger partial charge is 0.179 e. The van der Waals surface area contributed by atoms with Crippen molar-refractivity contribution in [3.05, 3.63) is 18.3 Å². The summed E-state index contributed by atoms with van der Waals surface area (Å²) in [4.78, 5) is 5.52. The predicted molar refractivity (Wildman–Crippen MR) is 61.6 cm³/mol. The van der Waals surface area contributed by atoms with Crippen LogP contribution in [-0.2, 0) is 0 Å². The molecule has 2 N–H and O–H groups in total. The third kappa shape index (κ3) is 3.65. The summed E-state index contributed by atoms with van der Waals surface area (Å²) in [5.41, 5.74) is 5.51. The number of ether oxygens (including phenoxy) is 1. The van der Waals surface area contributed by atoms with Gasteiger partial charge in [-0.3, -0.25) is 0 Å². The van der Waals surface area contributed by atoms with E-state index in [0.29, 0.717) is 24.7 Å². The van der Waals surface area contributed by atoms with E-state index in [0.717, 1.165) is 0 Å². The molecule has 0 amide bonds. The van der Waals surface area contributed by atoms with Gasteiger partial charge in [-0.05, 0) is 19.9 Å². The molecule has 0 saturated carbocycles. The number of nitriles is 1. The number of anilines is 1. The second-order valence-electron chi connectivity index (χ2n) is 3.65. The van der Waals surface area contributed by atoms with E-state index in [4.69, 9.17) is 15.7 Å². The first-order valence-electron chi connectivity index (χ1n) is 5.14. The summed E-state index contributed by atoms with van der Waals surface area (Å²) < 4.78 is 5.46. The number of rotatable bonds is 5. The van der Waals surface area contributed by atoms with E-state index in [-0.39, 0.29) is 6.04 Å². The monoisotopic (exact) mass is 220 g/mol. The molecule has 0 fully saturated rings.